The number of nitriles is 1. The molecule has 0 atom stereocenters. The molecule has 0 aliphatic heterocycles. The Kier molecular flexibility index (Phi) is 4.96. The fourth-order valence-electron chi connectivity index (χ4n) is 1.74. The van der Waals surface area contributed by atoms with Gasteiger partial charge in [-0.15, -0.1) is 0 Å². The Balaban J connectivity index is 2.35. The second-order valence-electron chi connectivity index (χ2n) is 4.12. The zero-order chi connectivity index (χ0) is 15.3. The lowest BCUT2D eigenvalue weighted by Gasteiger charge is -2.20. The molecule has 0 N–H and O–H groups in total. The predicted octanol–water partition coefficient (Wildman–Crippen LogP) is 2.43. The van der Waals surface area contributed by atoms with Gasteiger partial charge in [-0.05, 0) is 24.3 Å². The van der Waals surface area contributed by atoms with E-state index >= 15 is 0 Å². The number of furan rings is 1. The number of pyridine rings is 1. The number of halogens is 1. The monoisotopic (exact) mass is 325 g/mol. The molecular weight excluding hydrogens is 314 g/mol. The topological polar surface area (TPSA) is 87.2 Å². The van der Waals surface area contributed by atoms with Crippen LogP contribution < -0.4 is 0 Å². The Labute approximate surface area is 127 Å². The van der Waals surface area contributed by atoms with Crippen LogP contribution in [0.5, 0.6) is 0 Å². The van der Waals surface area contributed by atoms with Gasteiger partial charge in [-0.1, -0.05) is 11.6 Å². The van der Waals surface area contributed by atoms with Crippen LogP contribution in [0, 0.1) is 11.3 Å². The van der Waals surface area contributed by atoms with Crippen molar-refractivity contribution in [1.29, 1.82) is 5.26 Å². The molecule has 2 rings (SSSR count). The van der Waals surface area contributed by atoms with Gasteiger partial charge in [0.15, 0.2) is 0 Å². The minimum absolute atomic E-state index is 0.0300. The molecule has 0 fully saturated rings. The van der Waals surface area contributed by atoms with E-state index in [-0.39, 0.29) is 29.6 Å². The summed E-state index contributed by atoms with van der Waals surface area (Å²) in [7, 11) is -3.85. The van der Waals surface area contributed by atoms with Crippen LogP contribution in [-0.4, -0.2) is 24.3 Å². The van der Waals surface area contributed by atoms with Crippen molar-refractivity contribution in [3.63, 3.8) is 0 Å². The third-order valence-electron chi connectivity index (χ3n) is 2.73. The summed E-state index contributed by atoms with van der Waals surface area (Å²) in [6.07, 6.45) is 2.94. The van der Waals surface area contributed by atoms with Gasteiger partial charge in [0, 0.05) is 19.2 Å². The summed E-state index contributed by atoms with van der Waals surface area (Å²) < 4.78 is 31.6. The lowest BCUT2D eigenvalue weighted by molar-refractivity contribution is 0.368. The lowest BCUT2D eigenvalue weighted by Crippen LogP contribution is -2.31. The van der Waals surface area contributed by atoms with E-state index in [1.807, 2.05) is 6.07 Å². The van der Waals surface area contributed by atoms with Crippen LogP contribution in [0.1, 0.15) is 12.2 Å². The van der Waals surface area contributed by atoms with Crippen molar-refractivity contribution in [2.75, 3.05) is 6.54 Å². The van der Waals surface area contributed by atoms with Gasteiger partial charge in [0.25, 0.3) is 0 Å². The molecule has 0 aromatic carbocycles. The molecule has 21 heavy (non-hydrogen) atoms. The van der Waals surface area contributed by atoms with Crippen molar-refractivity contribution in [1.82, 2.24) is 9.29 Å². The summed E-state index contributed by atoms with van der Waals surface area (Å²) in [6.45, 7) is 0.0764. The van der Waals surface area contributed by atoms with Crippen LogP contribution in [0.4, 0.5) is 0 Å². The number of hydrogen-bond acceptors (Lipinski definition) is 5. The summed E-state index contributed by atoms with van der Waals surface area (Å²) in [5.41, 5.74) is 0. The van der Waals surface area contributed by atoms with Crippen LogP contribution >= 0.6 is 11.6 Å². The fourth-order valence-corrected chi connectivity index (χ4v) is 3.57. The number of rotatable bonds is 6. The maximum Gasteiger partial charge on any atom is 0.246 e. The quantitative estimate of drug-likeness (QED) is 0.761. The van der Waals surface area contributed by atoms with Crippen LogP contribution in [0.2, 0.25) is 5.15 Å². The van der Waals surface area contributed by atoms with E-state index in [1.165, 1.54) is 24.6 Å². The molecule has 2 aromatic heterocycles. The van der Waals surface area contributed by atoms with Gasteiger partial charge < -0.3 is 4.42 Å². The average molecular weight is 326 g/mol. The van der Waals surface area contributed by atoms with E-state index in [0.29, 0.717) is 5.76 Å². The molecule has 110 valence electrons. The smallest absolute Gasteiger partial charge is 0.246 e. The summed E-state index contributed by atoms with van der Waals surface area (Å²) in [6, 6.07) is 8.14. The molecule has 2 aromatic rings. The van der Waals surface area contributed by atoms with Crippen molar-refractivity contribution < 1.29 is 12.8 Å². The zero-order valence-corrected chi connectivity index (χ0v) is 12.5. The maximum absolute atomic E-state index is 12.6. The molecule has 8 heteroatoms. The Bertz CT molecular complexity index is 738. The van der Waals surface area contributed by atoms with E-state index in [1.54, 1.807) is 12.1 Å². The van der Waals surface area contributed by atoms with Gasteiger partial charge >= 0.3 is 0 Å². The van der Waals surface area contributed by atoms with Gasteiger partial charge in [0.1, 0.15) is 15.8 Å². The number of aromatic nitrogens is 1. The molecule has 2 heterocycles. The third kappa shape index (κ3) is 3.61. The Morgan fingerprint density at radius 2 is 2.19 bits per heavy atom. The second kappa shape index (κ2) is 6.72. The Morgan fingerprint density at radius 1 is 1.38 bits per heavy atom. The molecule has 0 saturated carbocycles. The predicted molar refractivity (Wildman–Crippen MR) is 75.8 cm³/mol. The van der Waals surface area contributed by atoms with Crippen molar-refractivity contribution >= 4 is 21.6 Å². The first-order valence-corrected chi connectivity index (χ1v) is 7.87. The fraction of sp³-hybridized carbons (Fsp3) is 0.231. The zero-order valence-electron chi connectivity index (χ0n) is 10.9. The van der Waals surface area contributed by atoms with Crippen LogP contribution in [0.25, 0.3) is 0 Å². The average Bonchev–Trinajstić information content (AvgIpc) is 2.96. The first-order valence-electron chi connectivity index (χ1n) is 6.05. The summed E-state index contributed by atoms with van der Waals surface area (Å²) in [5.74, 6) is 0.483. The Hall–Kier alpha value is -1.88. The van der Waals surface area contributed by atoms with Crippen molar-refractivity contribution in [2.24, 2.45) is 0 Å². The highest BCUT2D eigenvalue weighted by Gasteiger charge is 2.27. The van der Waals surface area contributed by atoms with E-state index in [2.05, 4.69) is 4.98 Å². The molecule has 0 radical (unpaired) electrons. The molecule has 0 spiro atoms. The molecule has 0 aliphatic carbocycles. The maximum atomic E-state index is 12.6. The van der Waals surface area contributed by atoms with E-state index < -0.39 is 10.0 Å². The van der Waals surface area contributed by atoms with Crippen LogP contribution in [0.3, 0.4) is 0 Å². The molecule has 0 saturated heterocycles. The number of hydrogen-bond donors (Lipinski definition) is 0. The van der Waals surface area contributed by atoms with Crippen molar-refractivity contribution in [3.8, 4) is 6.07 Å². The molecule has 0 unspecified atom stereocenters. The minimum Gasteiger partial charge on any atom is -0.468 e. The highest BCUT2D eigenvalue weighted by Crippen LogP contribution is 2.24. The highest BCUT2D eigenvalue weighted by atomic mass is 35.5. The number of nitrogens with zero attached hydrogens (tertiary/aromatic N) is 3. The van der Waals surface area contributed by atoms with Crippen molar-refractivity contribution in [2.45, 2.75) is 17.9 Å². The summed E-state index contributed by atoms with van der Waals surface area (Å²) in [5, 5.41) is 8.60. The lowest BCUT2D eigenvalue weighted by atomic mass is 10.4. The van der Waals surface area contributed by atoms with E-state index in [4.69, 9.17) is 21.3 Å². The normalized spacial score (nSPS) is 11.5. The molecule has 0 bridgehead atoms. The molecule has 0 aliphatic rings. The Morgan fingerprint density at radius 3 is 2.81 bits per heavy atom. The van der Waals surface area contributed by atoms with Gasteiger partial charge in [0.2, 0.25) is 10.0 Å². The standard InChI is InChI=1S/C13H12ClN3O3S/c14-13-12(5-1-7-16-13)21(18,19)17(8-3-6-15)10-11-4-2-9-20-11/h1-2,4-5,7,9H,3,8,10H2. The summed E-state index contributed by atoms with van der Waals surface area (Å²) in [4.78, 5) is 3.69. The van der Waals surface area contributed by atoms with Gasteiger partial charge in [-0.3, -0.25) is 0 Å². The molecule has 0 amide bonds. The summed E-state index contributed by atoms with van der Waals surface area (Å²) >= 11 is 5.86. The van der Waals surface area contributed by atoms with Crippen LogP contribution in [-0.2, 0) is 16.6 Å². The first kappa shape index (κ1) is 15.5. The minimum atomic E-state index is -3.85. The highest BCUT2D eigenvalue weighted by molar-refractivity contribution is 7.89. The first-order chi connectivity index (χ1) is 10.1. The number of sulfonamides is 1. The third-order valence-corrected chi connectivity index (χ3v) is 5.02. The van der Waals surface area contributed by atoms with Gasteiger partial charge in [-0.25, -0.2) is 13.4 Å². The largest absolute Gasteiger partial charge is 0.468 e. The van der Waals surface area contributed by atoms with E-state index in [9.17, 15) is 8.42 Å². The SMILES string of the molecule is N#CCCN(Cc1ccco1)S(=O)(=O)c1cccnc1Cl. The van der Waals surface area contributed by atoms with Gasteiger partial charge in [0.05, 0.1) is 18.9 Å². The van der Waals surface area contributed by atoms with E-state index in [0.717, 1.165) is 4.31 Å². The molecule has 6 nitrogen and oxygen atoms in total. The van der Waals surface area contributed by atoms with Crippen molar-refractivity contribution in [3.05, 3.63) is 47.6 Å². The molecular formula is C13H12ClN3O3S. The second-order valence-corrected chi connectivity index (χ2v) is 6.38. The van der Waals surface area contributed by atoms with Crippen LogP contribution in [0.15, 0.2) is 46.0 Å². The van der Waals surface area contributed by atoms with Gasteiger partial charge in [-0.2, -0.15) is 9.57 Å².